The van der Waals surface area contributed by atoms with Crippen LogP contribution in [0.3, 0.4) is 0 Å². The standard InChI is InChI=1S/C11H17NO4S2/c1-8(7-18(2,15)16)12-6-10-4-3-9(17-10)5-11(13)14/h3-4,8,12H,5-7H2,1-2H3,(H,13,14). The van der Waals surface area contributed by atoms with E-state index in [1.54, 1.807) is 6.07 Å². The van der Waals surface area contributed by atoms with Crippen LogP contribution in [0.1, 0.15) is 16.7 Å². The highest BCUT2D eigenvalue weighted by Gasteiger charge is 2.10. The molecule has 0 saturated carbocycles. The molecule has 102 valence electrons. The minimum absolute atomic E-state index is 0.0313. The first-order valence-corrected chi connectivity index (χ1v) is 8.34. The summed E-state index contributed by atoms with van der Waals surface area (Å²) in [5.74, 6) is -0.748. The fraction of sp³-hybridized carbons (Fsp3) is 0.545. The zero-order chi connectivity index (χ0) is 13.8. The summed E-state index contributed by atoms with van der Waals surface area (Å²) >= 11 is 1.43. The Kier molecular flexibility index (Phi) is 5.30. The van der Waals surface area contributed by atoms with Crippen LogP contribution in [0.2, 0.25) is 0 Å². The summed E-state index contributed by atoms with van der Waals surface area (Å²) in [6, 6.07) is 3.53. The topological polar surface area (TPSA) is 83.5 Å². The second-order valence-electron chi connectivity index (χ2n) is 4.31. The summed E-state index contributed by atoms with van der Waals surface area (Å²) in [7, 11) is -2.98. The lowest BCUT2D eigenvalue weighted by atomic mass is 10.3. The van der Waals surface area contributed by atoms with Crippen molar-refractivity contribution in [3.05, 3.63) is 21.9 Å². The van der Waals surface area contributed by atoms with Crippen LogP contribution in [0.5, 0.6) is 0 Å². The smallest absolute Gasteiger partial charge is 0.308 e. The van der Waals surface area contributed by atoms with Crippen LogP contribution in [-0.4, -0.2) is 37.5 Å². The van der Waals surface area contributed by atoms with Crippen molar-refractivity contribution in [2.24, 2.45) is 0 Å². The lowest BCUT2D eigenvalue weighted by Crippen LogP contribution is -2.31. The van der Waals surface area contributed by atoms with Gasteiger partial charge in [0.25, 0.3) is 0 Å². The van der Waals surface area contributed by atoms with E-state index in [-0.39, 0.29) is 18.2 Å². The molecule has 0 saturated heterocycles. The zero-order valence-electron chi connectivity index (χ0n) is 10.3. The Morgan fingerprint density at radius 3 is 2.61 bits per heavy atom. The van der Waals surface area contributed by atoms with Crippen molar-refractivity contribution >= 4 is 27.1 Å². The number of hydrogen-bond acceptors (Lipinski definition) is 5. The van der Waals surface area contributed by atoms with Gasteiger partial charge in [-0.1, -0.05) is 0 Å². The first-order chi connectivity index (χ1) is 8.26. The van der Waals surface area contributed by atoms with Crippen molar-refractivity contribution in [1.29, 1.82) is 0 Å². The summed E-state index contributed by atoms with van der Waals surface area (Å²) in [6.45, 7) is 2.37. The van der Waals surface area contributed by atoms with Gasteiger partial charge in [0.1, 0.15) is 9.84 Å². The van der Waals surface area contributed by atoms with Crippen molar-refractivity contribution in [2.45, 2.75) is 25.9 Å². The number of sulfone groups is 1. The number of rotatable bonds is 7. The van der Waals surface area contributed by atoms with E-state index in [4.69, 9.17) is 5.11 Å². The summed E-state index contributed by atoms with van der Waals surface area (Å²) in [5.41, 5.74) is 0. The molecule has 0 aliphatic carbocycles. The molecule has 0 bridgehead atoms. The Balaban J connectivity index is 2.44. The normalized spacial score (nSPS) is 13.4. The van der Waals surface area contributed by atoms with E-state index in [1.807, 2.05) is 13.0 Å². The number of hydrogen-bond donors (Lipinski definition) is 2. The molecule has 2 N–H and O–H groups in total. The molecule has 1 aromatic heterocycles. The van der Waals surface area contributed by atoms with E-state index in [0.717, 1.165) is 9.75 Å². The third-order valence-corrected chi connectivity index (χ3v) is 4.41. The van der Waals surface area contributed by atoms with Gasteiger partial charge in [0.15, 0.2) is 0 Å². The fourth-order valence-electron chi connectivity index (χ4n) is 1.55. The minimum atomic E-state index is -2.98. The van der Waals surface area contributed by atoms with E-state index >= 15 is 0 Å². The van der Waals surface area contributed by atoms with E-state index in [0.29, 0.717) is 6.54 Å². The average molecular weight is 291 g/mol. The molecule has 1 unspecified atom stereocenters. The highest BCUT2D eigenvalue weighted by molar-refractivity contribution is 7.90. The first-order valence-electron chi connectivity index (χ1n) is 5.47. The van der Waals surface area contributed by atoms with Crippen molar-refractivity contribution in [2.75, 3.05) is 12.0 Å². The van der Waals surface area contributed by atoms with Gasteiger partial charge < -0.3 is 10.4 Å². The Labute approximate surface area is 111 Å². The molecule has 0 aliphatic rings. The number of carbonyl (C=O) groups is 1. The third-order valence-electron chi connectivity index (χ3n) is 2.22. The Bertz CT molecular complexity index is 507. The van der Waals surface area contributed by atoms with Crippen LogP contribution < -0.4 is 5.32 Å². The molecule has 18 heavy (non-hydrogen) atoms. The van der Waals surface area contributed by atoms with E-state index in [9.17, 15) is 13.2 Å². The van der Waals surface area contributed by atoms with Gasteiger partial charge in [-0.15, -0.1) is 11.3 Å². The second-order valence-corrected chi connectivity index (χ2v) is 7.75. The molecule has 7 heteroatoms. The third kappa shape index (κ3) is 6.13. The number of thiophene rings is 1. The quantitative estimate of drug-likeness (QED) is 0.780. The first kappa shape index (κ1) is 15.1. The molecule has 1 aromatic rings. The summed E-state index contributed by atoms with van der Waals surface area (Å²) in [6.07, 6.45) is 1.24. The van der Waals surface area contributed by atoms with Crippen LogP contribution in [-0.2, 0) is 27.6 Å². The van der Waals surface area contributed by atoms with Gasteiger partial charge in [-0.3, -0.25) is 4.79 Å². The van der Waals surface area contributed by atoms with Gasteiger partial charge in [0.05, 0.1) is 12.2 Å². The van der Waals surface area contributed by atoms with Crippen molar-refractivity contribution in [3.8, 4) is 0 Å². The summed E-state index contributed by atoms with van der Waals surface area (Å²) in [5, 5.41) is 11.8. The van der Waals surface area contributed by atoms with E-state index < -0.39 is 15.8 Å². The molecular weight excluding hydrogens is 274 g/mol. The molecule has 0 amide bonds. The molecule has 1 atom stereocenters. The average Bonchev–Trinajstić information content (AvgIpc) is 2.59. The second kappa shape index (κ2) is 6.31. The van der Waals surface area contributed by atoms with Gasteiger partial charge in [0, 0.05) is 28.6 Å². The highest BCUT2D eigenvalue weighted by Crippen LogP contribution is 2.17. The molecule has 0 fully saturated rings. The lowest BCUT2D eigenvalue weighted by molar-refractivity contribution is -0.136. The minimum Gasteiger partial charge on any atom is -0.481 e. The van der Waals surface area contributed by atoms with Crippen molar-refractivity contribution < 1.29 is 18.3 Å². The maximum Gasteiger partial charge on any atom is 0.308 e. The van der Waals surface area contributed by atoms with Gasteiger partial charge in [-0.25, -0.2) is 8.42 Å². The monoisotopic (exact) mass is 291 g/mol. The molecule has 0 aliphatic heterocycles. The van der Waals surface area contributed by atoms with Crippen LogP contribution >= 0.6 is 11.3 Å². The van der Waals surface area contributed by atoms with Gasteiger partial charge in [-0.05, 0) is 19.1 Å². The number of carboxylic acids is 1. The van der Waals surface area contributed by atoms with Gasteiger partial charge in [-0.2, -0.15) is 0 Å². The molecule has 0 spiro atoms. The number of nitrogens with one attached hydrogen (secondary N) is 1. The molecule has 0 aromatic carbocycles. The van der Waals surface area contributed by atoms with Crippen molar-refractivity contribution in [1.82, 2.24) is 5.32 Å². The van der Waals surface area contributed by atoms with Crippen LogP contribution in [0.4, 0.5) is 0 Å². The molecule has 1 rings (SSSR count). The van der Waals surface area contributed by atoms with Crippen molar-refractivity contribution in [3.63, 3.8) is 0 Å². The number of carboxylic acid groups (broad SMARTS) is 1. The lowest BCUT2D eigenvalue weighted by Gasteiger charge is -2.11. The van der Waals surface area contributed by atoms with Gasteiger partial charge in [0.2, 0.25) is 0 Å². The number of aliphatic carboxylic acids is 1. The Morgan fingerprint density at radius 1 is 1.44 bits per heavy atom. The molecule has 0 radical (unpaired) electrons. The van der Waals surface area contributed by atoms with Gasteiger partial charge >= 0.3 is 5.97 Å². The predicted molar refractivity (Wildman–Crippen MR) is 71.7 cm³/mol. The Hall–Kier alpha value is -0.920. The van der Waals surface area contributed by atoms with Crippen LogP contribution in [0.25, 0.3) is 0 Å². The summed E-state index contributed by atoms with van der Waals surface area (Å²) in [4.78, 5) is 12.3. The van der Waals surface area contributed by atoms with Crippen LogP contribution in [0.15, 0.2) is 12.1 Å². The molecule has 5 nitrogen and oxygen atoms in total. The summed E-state index contributed by atoms with van der Waals surface area (Å²) < 4.78 is 22.2. The fourth-order valence-corrected chi connectivity index (χ4v) is 3.54. The molecule has 1 heterocycles. The van der Waals surface area contributed by atoms with E-state index in [1.165, 1.54) is 17.6 Å². The SMILES string of the molecule is CC(CS(C)(=O)=O)NCc1ccc(CC(=O)O)s1. The maximum atomic E-state index is 11.1. The van der Waals surface area contributed by atoms with Crippen LogP contribution in [0, 0.1) is 0 Å². The van der Waals surface area contributed by atoms with E-state index in [2.05, 4.69) is 5.32 Å². The Morgan fingerprint density at radius 2 is 2.06 bits per heavy atom. The largest absolute Gasteiger partial charge is 0.481 e. The predicted octanol–water partition coefficient (Wildman–Crippen LogP) is 0.898. The highest BCUT2D eigenvalue weighted by atomic mass is 32.2. The maximum absolute atomic E-state index is 11.1. The molecular formula is C11H17NO4S2. The zero-order valence-corrected chi connectivity index (χ0v) is 12.0.